The second kappa shape index (κ2) is 24.7. The van der Waals surface area contributed by atoms with Crippen LogP contribution in [0.4, 0.5) is 0 Å². The summed E-state index contributed by atoms with van der Waals surface area (Å²) in [5.41, 5.74) is 1.31. The van der Waals surface area contributed by atoms with E-state index in [4.69, 9.17) is 4.74 Å². The minimum atomic E-state index is -1.24. The van der Waals surface area contributed by atoms with Crippen LogP contribution < -0.4 is 4.74 Å². The summed E-state index contributed by atoms with van der Waals surface area (Å²) in [5.74, 6) is -2.75. The Morgan fingerprint density at radius 2 is 1.02 bits per heavy atom. The molecule has 0 amide bonds. The van der Waals surface area contributed by atoms with Crippen molar-refractivity contribution in [1.82, 2.24) is 0 Å². The molecule has 2 aromatic carbocycles. The highest BCUT2D eigenvalue weighted by Gasteiger charge is 2.44. The van der Waals surface area contributed by atoms with Gasteiger partial charge in [0.1, 0.15) is 34.9 Å². The molecule has 7 heteroatoms. The zero-order valence-corrected chi connectivity index (χ0v) is 33.9. The predicted octanol–water partition coefficient (Wildman–Crippen LogP) is 12.9. The van der Waals surface area contributed by atoms with Crippen LogP contribution in [0.3, 0.4) is 0 Å². The van der Waals surface area contributed by atoms with E-state index in [1.54, 1.807) is 18.2 Å². The van der Waals surface area contributed by atoms with Gasteiger partial charge < -0.3 is 9.84 Å². The molecule has 0 bridgehead atoms. The lowest BCUT2D eigenvalue weighted by atomic mass is 9.79. The van der Waals surface area contributed by atoms with Crippen molar-refractivity contribution in [3.05, 3.63) is 58.1 Å². The summed E-state index contributed by atoms with van der Waals surface area (Å²) in [6.07, 6.45) is 19.5. The van der Waals surface area contributed by atoms with Crippen LogP contribution >= 0.6 is 0 Å². The van der Waals surface area contributed by atoms with Crippen LogP contribution in [-0.4, -0.2) is 34.0 Å². The van der Waals surface area contributed by atoms with Crippen LogP contribution in [0.1, 0.15) is 235 Å². The highest BCUT2D eigenvalue weighted by atomic mass is 16.5. The van der Waals surface area contributed by atoms with E-state index in [1.807, 2.05) is 0 Å². The van der Waals surface area contributed by atoms with E-state index in [1.165, 1.54) is 12.1 Å². The SMILES string of the molecule is CCCCCCCC(=O)c1cc(O)c2c(c1)O[C@@H](c1ccc(C(=O)CCCCCCC)c(C(=O)CCCCCCC)c1)[C@H](C(=O)CCCCCCC)C2=O. The summed E-state index contributed by atoms with van der Waals surface area (Å²) in [6.45, 7) is 8.56. The first-order valence-electron chi connectivity index (χ1n) is 21.5. The van der Waals surface area contributed by atoms with Crippen LogP contribution in [0.25, 0.3) is 0 Å². The number of rotatable bonds is 29. The van der Waals surface area contributed by atoms with Crippen molar-refractivity contribution in [3.63, 3.8) is 0 Å². The van der Waals surface area contributed by atoms with Gasteiger partial charge in [0.2, 0.25) is 0 Å². The first kappa shape index (κ1) is 44.8. The summed E-state index contributed by atoms with van der Waals surface area (Å²) < 4.78 is 6.51. The number of benzene rings is 2. The Kier molecular flexibility index (Phi) is 20.5. The van der Waals surface area contributed by atoms with E-state index in [0.29, 0.717) is 48.8 Å². The lowest BCUT2D eigenvalue weighted by molar-refractivity contribution is -0.124. The van der Waals surface area contributed by atoms with Gasteiger partial charge in [0.25, 0.3) is 0 Å². The number of phenols is 1. The zero-order valence-electron chi connectivity index (χ0n) is 33.9. The van der Waals surface area contributed by atoms with Gasteiger partial charge in [0.15, 0.2) is 23.1 Å². The number of fused-ring (bicyclic) bond motifs is 1. The van der Waals surface area contributed by atoms with Gasteiger partial charge in [-0.1, -0.05) is 143 Å². The average Bonchev–Trinajstić information content (AvgIpc) is 3.16. The highest BCUT2D eigenvalue weighted by molar-refractivity contribution is 6.15. The maximum atomic E-state index is 14.3. The van der Waals surface area contributed by atoms with E-state index < -0.39 is 17.8 Å². The molecule has 2 atom stereocenters. The summed E-state index contributed by atoms with van der Waals surface area (Å²) in [6, 6.07) is 7.87. The number of unbranched alkanes of at least 4 members (excludes halogenated alkanes) is 16. The minimum absolute atomic E-state index is 0.0577. The zero-order chi connectivity index (χ0) is 39.3. The molecule has 0 spiro atoms. The van der Waals surface area contributed by atoms with Crippen LogP contribution in [0, 0.1) is 5.92 Å². The molecule has 7 nitrogen and oxygen atoms in total. The Morgan fingerprint density at radius 1 is 0.556 bits per heavy atom. The van der Waals surface area contributed by atoms with Crippen molar-refractivity contribution in [2.45, 2.75) is 188 Å². The molecule has 54 heavy (non-hydrogen) atoms. The summed E-state index contributed by atoms with van der Waals surface area (Å²) in [4.78, 5) is 69.0. The van der Waals surface area contributed by atoms with Crippen LogP contribution in [-0.2, 0) is 4.79 Å². The van der Waals surface area contributed by atoms with Gasteiger partial charge in [-0.2, -0.15) is 0 Å². The third kappa shape index (κ3) is 13.6. The van der Waals surface area contributed by atoms with Crippen LogP contribution in [0.5, 0.6) is 11.5 Å². The largest absolute Gasteiger partial charge is 0.507 e. The van der Waals surface area contributed by atoms with E-state index in [2.05, 4.69) is 27.7 Å². The first-order chi connectivity index (χ1) is 26.2. The molecule has 1 heterocycles. The average molecular weight is 745 g/mol. The van der Waals surface area contributed by atoms with Crippen molar-refractivity contribution in [1.29, 1.82) is 0 Å². The second-order valence-electron chi connectivity index (χ2n) is 15.4. The van der Waals surface area contributed by atoms with Crippen LogP contribution in [0.2, 0.25) is 0 Å². The molecular formula is C47H68O7. The molecule has 0 aromatic heterocycles. The Hall–Kier alpha value is -3.61. The molecule has 1 N–H and O–H groups in total. The Balaban J connectivity index is 2.02. The van der Waals surface area contributed by atoms with Crippen molar-refractivity contribution in [3.8, 4) is 11.5 Å². The number of phenolic OH excluding ortho intramolecular Hbond substituents is 1. The topological polar surface area (TPSA) is 115 Å². The number of hydrogen-bond acceptors (Lipinski definition) is 7. The molecule has 298 valence electrons. The molecule has 2 aromatic rings. The number of aromatic hydroxyl groups is 1. The smallest absolute Gasteiger partial charge is 0.184 e. The van der Waals surface area contributed by atoms with Crippen molar-refractivity contribution < 1.29 is 33.8 Å². The molecule has 0 saturated heterocycles. The second-order valence-corrected chi connectivity index (χ2v) is 15.4. The van der Waals surface area contributed by atoms with Crippen LogP contribution in [0.15, 0.2) is 30.3 Å². The Morgan fingerprint density at radius 3 is 1.54 bits per heavy atom. The Bertz CT molecular complexity index is 1520. The maximum Gasteiger partial charge on any atom is 0.184 e. The van der Waals surface area contributed by atoms with Gasteiger partial charge in [0, 0.05) is 42.4 Å². The number of carbonyl (C=O) groups excluding carboxylic acids is 5. The predicted molar refractivity (Wildman–Crippen MR) is 217 cm³/mol. The van der Waals surface area contributed by atoms with Crippen molar-refractivity contribution in [2.24, 2.45) is 5.92 Å². The molecule has 1 aliphatic heterocycles. The minimum Gasteiger partial charge on any atom is -0.507 e. The molecule has 3 rings (SSSR count). The molecule has 0 saturated carbocycles. The molecule has 0 unspecified atom stereocenters. The van der Waals surface area contributed by atoms with Crippen molar-refractivity contribution in [2.75, 3.05) is 0 Å². The molecule has 0 aliphatic carbocycles. The summed E-state index contributed by atoms with van der Waals surface area (Å²) >= 11 is 0. The molecule has 0 radical (unpaired) electrons. The first-order valence-corrected chi connectivity index (χ1v) is 21.5. The lowest BCUT2D eigenvalue weighted by Crippen LogP contribution is -2.37. The van der Waals surface area contributed by atoms with E-state index in [9.17, 15) is 29.1 Å². The number of ketones is 5. The standard InChI is InChI=1S/C47H68O7/c1-5-9-13-17-21-25-38(48)35-32-42(52)44-43(33-35)54-47(45(46(44)53)41(51)28-24-20-16-12-8-4)34-29-30-36(39(49)26-22-18-14-10-6-2)37(31-34)40(50)27-23-19-15-11-7-3/h29-33,45,47,52H,5-28H2,1-4H3/t45-,47+/m1/s1. The molecule has 1 aliphatic rings. The van der Waals surface area contributed by atoms with Gasteiger partial charge in [-0.25, -0.2) is 0 Å². The highest BCUT2D eigenvalue weighted by Crippen LogP contribution is 2.44. The van der Waals surface area contributed by atoms with Gasteiger partial charge >= 0.3 is 0 Å². The van der Waals surface area contributed by atoms with Gasteiger partial charge in [-0.15, -0.1) is 0 Å². The van der Waals surface area contributed by atoms with E-state index in [0.717, 1.165) is 116 Å². The third-order valence-corrected chi connectivity index (χ3v) is 10.9. The fraction of sp³-hybridized carbons (Fsp3) is 0.638. The number of carbonyl (C=O) groups is 5. The van der Waals surface area contributed by atoms with Crippen molar-refractivity contribution >= 4 is 28.9 Å². The lowest BCUT2D eigenvalue weighted by Gasteiger charge is -2.33. The number of Topliss-reactive ketones (excluding diaryl/α,β-unsaturated/α-hetero) is 5. The van der Waals surface area contributed by atoms with E-state index >= 15 is 0 Å². The fourth-order valence-corrected chi connectivity index (χ4v) is 7.53. The fourth-order valence-electron chi connectivity index (χ4n) is 7.53. The summed E-state index contributed by atoms with van der Waals surface area (Å²) in [7, 11) is 0. The number of ether oxygens (including phenoxy) is 1. The normalized spacial score (nSPS) is 15.1. The van der Waals surface area contributed by atoms with Gasteiger partial charge in [-0.3, -0.25) is 24.0 Å². The van der Waals surface area contributed by atoms with E-state index in [-0.39, 0.29) is 52.2 Å². The van der Waals surface area contributed by atoms with Gasteiger partial charge in [-0.05, 0) is 49.4 Å². The number of hydrogen-bond donors (Lipinski definition) is 1. The quantitative estimate of drug-likeness (QED) is 0.0501. The summed E-state index contributed by atoms with van der Waals surface area (Å²) in [5, 5.41) is 11.2. The molecular weight excluding hydrogens is 677 g/mol. The molecule has 0 fully saturated rings. The maximum absolute atomic E-state index is 14.3. The Labute approximate surface area is 325 Å². The monoisotopic (exact) mass is 744 g/mol. The van der Waals surface area contributed by atoms with Gasteiger partial charge in [0.05, 0.1) is 0 Å². The third-order valence-electron chi connectivity index (χ3n) is 10.9.